The monoisotopic (exact) mass is 222 g/mol. The predicted molar refractivity (Wildman–Crippen MR) is 67.4 cm³/mol. The van der Waals surface area contributed by atoms with Gasteiger partial charge in [-0.15, -0.1) is 0 Å². The van der Waals surface area contributed by atoms with Gasteiger partial charge in [0.15, 0.2) is 0 Å². The molecule has 1 N–H and O–H groups in total. The lowest BCUT2D eigenvalue weighted by Crippen LogP contribution is -2.02. The van der Waals surface area contributed by atoms with Crippen LogP contribution in [0.15, 0.2) is 6.07 Å². The molecule has 2 heteroatoms. The topological polar surface area (TPSA) is 29.5 Å². The summed E-state index contributed by atoms with van der Waals surface area (Å²) in [7, 11) is 0. The van der Waals surface area contributed by atoms with Crippen LogP contribution in [0.1, 0.15) is 43.4 Å². The standard InChI is InChI=1S/C14H22O2/c1-5-7-8-16-14-10(3)9-13(15)12(6-2)11(14)4/h9,15H,5-8H2,1-4H3. The zero-order valence-electron chi connectivity index (χ0n) is 10.8. The van der Waals surface area contributed by atoms with Crippen LogP contribution in [-0.4, -0.2) is 11.7 Å². The van der Waals surface area contributed by atoms with Crippen molar-refractivity contribution in [3.05, 3.63) is 22.8 Å². The molecule has 0 heterocycles. The van der Waals surface area contributed by atoms with Crippen molar-refractivity contribution in [1.82, 2.24) is 0 Å². The summed E-state index contributed by atoms with van der Waals surface area (Å²) in [6.45, 7) is 8.96. The molecule has 0 bridgehead atoms. The second kappa shape index (κ2) is 5.78. The van der Waals surface area contributed by atoms with E-state index in [2.05, 4.69) is 6.92 Å². The SMILES string of the molecule is CCCCOc1c(C)cc(O)c(CC)c1C. The van der Waals surface area contributed by atoms with Gasteiger partial charge in [0.25, 0.3) is 0 Å². The van der Waals surface area contributed by atoms with E-state index in [1.54, 1.807) is 6.07 Å². The van der Waals surface area contributed by atoms with E-state index in [4.69, 9.17) is 4.74 Å². The summed E-state index contributed by atoms with van der Waals surface area (Å²) >= 11 is 0. The van der Waals surface area contributed by atoms with E-state index in [0.29, 0.717) is 5.75 Å². The number of hydrogen-bond donors (Lipinski definition) is 1. The Labute approximate surface area is 98.3 Å². The zero-order valence-corrected chi connectivity index (χ0v) is 10.8. The van der Waals surface area contributed by atoms with Gasteiger partial charge < -0.3 is 9.84 Å². The summed E-state index contributed by atoms with van der Waals surface area (Å²) in [6.07, 6.45) is 3.04. The molecule has 0 aliphatic rings. The van der Waals surface area contributed by atoms with E-state index in [1.807, 2.05) is 20.8 Å². The van der Waals surface area contributed by atoms with Gasteiger partial charge in [-0.3, -0.25) is 0 Å². The average molecular weight is 222 g/mol. The lowest BCUT2D eigenvalue weighted by atomic mass is 10.0. The second-order valence-electron chi connectivity index (χ2n) is 4.20. The van der Waals surface area contributed by atoms with Crippen molar-refractivity contribution < 1.29 is 9.84 Å². The van der Waals surface area contributed by atoms with Crippen molar-refractivity contribution in [2.45, 2.75) is 47.0 Å². The van der Waals surface area contributed by atoms with Gasteiger partial charge in [-0.2, -0.15) is 0 Å². The van der Waals surface area contributed by atoms with Crippen LogP contribution in [0.25, 0.3) is 0 Å². The number of benzene rings is 1. The predicted octanol–water partition coefficient (Wildman–Crippen LogP) is 3.75. The normalized spacial score (nSPS) is 10.5. The summed E-state index contributed by atoms with van der Waals surface area (Å²) < 4.78 is 5.79. The highest BCUT2D eigenvalue weighted by Gasteiger charge is 2.12. The van der Waals surface area contributed by atoms with Crippen LogP contribution in [0.4, 0.5) is 0 Å². The summed E-state index contributed by atoms with van der Waals surface area (Å²) in [5.41, 5.74) is 3.09. The van der Waals surface area contributed by atoms with Crippen LogP contribution in [0.2, 0.25) is 0 Å². The number of phenolic OH excluding ortho intramolecular Hbond substituents is 1. The van der Waals surface area contributed by atoms with Crippen LogP contribution in [0.3, 0.4) is 0 Å². The smallest absolute Gasteiger partial charge is 0.125 e. The van der Waals surface area contributed by atoms with E-state index in [-0.39, 0.29) is 0 Å². The molecule has 0 aromatic heterocycles. The molecule has 0 radical (unpaired) electrons. The Hall–Kier alpha value is -1.18. The molecule has 0 unspecified atom stereocenters. The molecule has 0 saturated carbocycles. The first-order valence-electron chi connectivity index (χ1n) is 6.06. The molecular formula is C14H22O2. The maximum absolute atomic E-state index is 9.81. The highest BCUT2D eigenvalue weighted by molar-refractivity contribution is 5.52. The number of unbranched alkanes of at least 4 members (excludes halogenated alkanes) is 1. The molecule has 0 amide bonds. The van der Waals surface area contributed by atoms with Gasteiger partial charge in [-0.25, -0.2) is 0 Å². The molecular weight excluding hydrogens is 200 g/mol. The van der Waals surface area contributed by atoms with Gasteiger partial charge in [0.2, 0.25) is 0 Å². The maximum atomic E-state index is 9.81. The zero-order chi connectivity index (χ0) is 12.1. The fourth-order valence-electron chi connectivity index (χ4n) is 1.97. The summed E-state index contributed by atoms with van der Waals surface area (Å²) in [5.74, 6) is 1.34. The first-order chi connectivity index (χ1) is 7.61. The number of aryl methyl sites for hydroxylation is 1. The van der Waals surface area contributed by atoms with E-state index in [1.165, 1.54) is 0 Å². The number of hydrogen-bond acceptors (Lipinski definition) is 2. The average Bonchev–Trinajstić information content (AvgIpc) is 2.23. The van der Waals surface area contributed by atoms with Crippen LogP contribution in [0.5, 0.6) is 11.5 Å². The minimum Gasteiger partial charge on any atom is -0.508 e. The van der Waals surface area contributed by atoms with E-state index >= 15 is 0 Å². The number of phenols is 1. The Morgan fingerprint density at radius 1 is 1.25 bits per heavy atom. The van der Waals surface area contributed by atoms with Crippen molar-refractivity contribution in [3.8, 4) is 11.5 Å². The number of ether oxygens (including phenoxy) is 1. The van der Waals surface area contributed by atoms with E-state index < -0.39 is 0 Å². The summed E-state index contributed by atoms with van der Waals surface area (Å²) in [4.78, 5) is 0. The Morgan fingerprint density at radius 3 is 2.50 bits per heavy atom. The quantitative estimate of drug-likeness (QED) is 0.769. The van der Waals surface area contributed by atoms with Gasteiger partial charge in [-0.05, 0) is 43.9 Å². The van der Waals surface area contributed by atoms with Crippen LogP contribution in [-0.2, 0) is 6.42 Å². The molecule has 0 aliphatic heterocycles. The molecule has 1 rings (SSSR count). The maximum Gasteiger partial charge on any atom is 0.125 e. The highest BCUT2D eigenvalue weighted by atomic mass is 16.5. The lowest BCUT2D eigenvalue weighted by Gasteiger charge is -2.16. The van der Waals surface area contributed by atoms with Gasteiger partial charge in [-0.1, -0.05) is 20.3 Å². The third-order valence-electron chi connectivity index (χ3n) is 2.91. The van der Waals surface area contributed by atoms with Crippen molar-refractivity contribution in [2.24, 2.45) is 0 Å². The van der Waals surface area contributed by atoms with Crippen molar-refractivity contribution in [2.75, 3.05) is 6.61 Å². The molecule has 16 heavy (non-hydrogen) atoms. The molecule has 2 nitrogen and oxygen atoms in total. The third-order valence-corrected chi connectivity index (χ3v) is 2.91. The summed E-state index contributed by atoms with van der Waals surface area (Å²) in [6, 6.07) is 1.80. The molecule has 90 valence electrons. The number of aromatic hydroxyl groups is 1. The second-order valence-corrected chi connectivity index (χ2v) is 4.20. The van der Waals surface area contributed by atoms with Gasteiger partial charge in [0.1, 0.15) is 11.5 Å². The van der Waals surface area contributed by atoms with Crippen molar-refractivity contribution in [1.29, 1.82) is 0 Å². The van der Waals surface area contributed by atoms with Gasteiger partial charge >= 0.3 is 0 Å². The first-order valence-corrected chi connectivity index (χ1v) is 6.06. The molecule has 1 aromatic rings. The van der Waals surface area contributed by atoms with E-state index in [0.717, 1.165) is 48.3 Å². The highest BCUT2D eigenvalue weighted by Crippen LogP contribution is 2.33. The van der Waals surface area contributed by atoms with Crippen molar-refractivity contribution >= 4 is 0 Å². The third kappa shape index (κ3) is 2.69. The molecule has 1 aromatic carbocycles. The van der Waals surface area contributed by atoms with Crippen LogP contribution >= 0.6 is 0 Å². The minimum atomic E-state index is 0.389. The largest absolute Gasteiger partial charge is 0.508 e. The van der Waals surface area contributed by atoms with Gasteiger partial charge in [0.05, 0.1) is 6.61 Å². The molecule has 0 aliphatic carbocycles. The molecule has 0 spiro atoms. The Bertz CT molecular complexity index is 356. The van der Waals surface area contributed by atoms with Crippen LogP contribution in [0, 0.1) is 13.8 Å². The van der Waals surface area contributed by atoms with Gasteiger partial charge in [0, 0.05) is 5.56 Å². The van der Waals surface area contributed by atoms with Crippen molar-refractivity contribution in [3.63, 3.8) is 0 Å². The van der Waals surface area contributed by atoms with Crippen LogP contribution < -0.4 is 4.74 Å². The molecule has 0 fully saturated rings. The van der Waals surface area contributed by atoms with E-state index in [9.17, 15) is 5.11 Å². The Kier molecular flexibility index (Phi) is 4.66. The minimum absolute atomic E-state index is 0.389. The fourth-order valence-corrected chi connectivity index (χ4v) is 1.97. The first kappa shape index (κ1) is 12.9. The summed E-state index contributed by atoms with van der Waals surface area (Å²) in [5, 5.41) is 9.81. The lowest BCUT2D eigenvalue weighted by molar-refractivity contribution is 0.304. The molecule has 0 saturated heterocycles. The Balaban J connectivity index is 2.98. The Morgan fingerprint density at radius 2 is 1.94 bits per heavy atom. The molecule has 0 atom stereocenters. The number of rotatable bonds is 5. The fraction of sp³-hybridized carbons (Fsp3) is 0.571.